The predicted molar refractivity (Wildman–Crippen MR) is 65.3 cm³/mol. The van der Waals surface area contributed by atoms with E-state index in [1.807, 2.05) is 27.7 Å². The van der Waals surface area contributed by atoms with Gasteiger partial charge in [-0.1, -0.05) is 27.7 Å². The molecule has 0 bridgehead atoms. The van der Waals surface area contributed by atoms with Crippen LogP contribution in [0.4, 0.5) is 0 Å². The molecule has 0 aromatic rings. The molecule has 1 rings (SSSR count). The summed E-state index contributed by atoms with van der Waals surface area (Å²) in [6.45, 7) is 7.51. The highest BCUT2D eigenvalue weighted by atomic mass is 16.3. The molecule has 0 saturated carbocycles. The number of hydrogen-bond acceptors (Lipinski definition) is 3. The topological polar surface area (TPSA) is 57.6 Å². The first-order valence-electron chi connectivity index (χ1n) is 6.28. The second-order valence-corrected chi connectivity index (χ2v) is 5.73. The highest BCUT2D eigenvalue weighted by molar-refractivity contribution is 5.99. The average molecular weight is 241 g/mol. The summed E-state index contributed by atoms with van der Waals surface area (Å²) in [5.41, 5.74) is -0.960. The molecule has 0 aromatic heterocycles. The maximum Gasteiger partial charge on any atom is 0.230 e. The highest BCUT2D eigenvalue weighted by Crippen LogP contribution is 2.36. The summed E-state index contributed by atoms with van der Waals surface area (Å²) in [5.74, 6) is -0.298. The van der Waals surface area contributed by atoms with Crippen molar-refractivity contribution in [1.29, 1.82) is 0 Å². The maximum absolute atomic E-state index is 12.1. The lowest BCUT2D eigenvalue weighted by Crippen LogP contribution is -2.60. The van der Waals surface area contributed by atoms with Gasteiger partial charge in [0.2, 0.25) is 11.8 Å². The number of aliphatic hydroxyl groups is 1. The van der Waals surface area contributed by atoms with Crippen LogP contribution in [0.5, 0.6) is 0 Å². The van der Waals surface area contributed by atoms with E-state index in [2.05, 4.69) is 0 Å². The molecule has 2 amide bonds. The molecular formula is C13H23NO3. The molecule has 1 aliphatic heterocycles. The van der Waals surface area contributed by atoms with E-state index in [0.29, 0.717) is 25.7 Å². The maximum atomic E-state index is 12.1. The second-order valence-electron chi connectivity index (χ2n) is 5.73. The quantitative estimate of drug-likeness (QED) is 0.762. The Bertz CT molecular complexity index is 290. The Hall–Kier alpha value is -0.900. The van der Waals surface area contributed by atoms with Crippen molar-refractivity contribution in [2.45, 2.75) is 58.9 Å². The van der Waals surface area contributed by atoms with E-state index in [0.717, 1.165) is 0 Å². The van der Waals surface area contributed by atoms with Gasteiger partial charge in [0.25, 0.3) is 0 Å². The van der Waals surface area contributed by atoms with Gasteiger partial charge in [-0.25, -0.2) is 0 Å². The van der Waals surface area contributed by atoms with Crippen LogP contribution in [0.15, 0.2) is 0 Å². The van der Waals surface area contributed by atoms with Gasteiger partial charge in [-0.05, 0) is 18.3 Å². The molecule has 0 spiro atoms. The Morgan fingerprint density at radius 1 is 1.18 bits per heavy atom. The number of carbonyl (C=O) groups excluding carboxylic acids is 2. The monoisotopic (exact) mass is 241 g/mol. The zero-order valence-electron chi connectivity index (χ0n) is 11.2. The van der Waals surface area contributed by atoms with E-state index in [1.54, 1.807) is 0 Å². The number of imide groups is 1. The van der Waals surface area contributed by atoms with Gasteiger partial charge in [-0.2, -0.15) is 0 Å². The van der Waals surface area contributed by atoms with Crippen LogP contribution in [0.25, 0.3) is 0 Å². The van der Waals surface area contributed by atoms with Crippen molar-refractivity contribution in [3.63, 3.8) is 0 Å². The fourth-order valence-corrected chi connectivity index (χ4v) is 2.57. The SMILES string of the molecule is CCC(CC)(CO)N1C(=O)CC(C)(C)CC1=O. The third kappa shape index (κ3) is 2.51. The van der Waals surface area contributed by atoms with E-state index in [1.165, 1.54) is 4.90 Å². The molecule has 1 heterocycles. The standard InChI is InChI=1S/C13H23NO3/c1-5-13(6-2,9-15)14-10(16)7-12(3,4)8-11(14)17/h15H,5-9H2,1-4H3. The molecule has 0 aromatic carbocycles. The molecule has 0 aliphatic carbocycles. The summed E-state index contributed by atoms with van der Waals surface area (Å²) >= 11 is 0. The van der Waals surface area contributed by atoms with Crippen LogP contribution >= 0.6 is 0 Å². The molecule has 17 heavy (non-hydrogen) atoms. The number of aliphatic hydroxyl groups excluding tert-OH is 1. The number of likely N-dealkylation sites (tertiary alicyclic amines) is 1. The lowest BCUT2D eigenvalue weighted by atomic mass is 9.78. The average Bonchev–Trinajstić information content (AvgIpc) is 2.22. The van der Waals surface area contributed by atoms with Crippen LogP contribution in [0.2, 0.25) is 0 Å². The molecule has 4 heteroatoms. The van der Waals surface area contributed by atoms with E-state index in [4.69, 9.17) is 0 Å². The smallest absolute Gasteiger partial charge is 0.230 e. The lowest BCUT2D eigenvalue weighted by molar-refractivity contribution is -0.163. The van der Waals surface area contributed by atoms with Crippen LogP contribution in [-0.2, 0) is 9.59 Å². The van der Waals surface area contributed by atoms with Crippen molar-refractivity contribution in [2.75, 3.05) is 6.61 Å². The van der Waals surface area contributed by atoms with Gasteiger partial charge in [0.1, 0.15) is 0 Å². The molecular weight excluding hydrogens is 218 g/mol. The van der Waals surface area contributed by atoms with Gasteiger partial charge < -0.3 is 5.11 Å². The second kappa shape index (κ2) is 4.77. The zero-order chi connectivity index (χ0) is 13.3. The van der Waals surface area contributed by atoms with Crippen molar-refractivity contribution in [3.8, 4) is 0 Å². The summed E-state index contributed by atoms with van der Waals surface area (Å²) in [5, 5.41) is 9.55. The number of hydrogen-bond donors (Lipinski definition) is 1. The fourth-order valence-electron chi connectivity index (χ4n) is 2.57. The third-order valence-electron chi connectivity index (χ3n) is 3.84. The Morgan fingerprint density at radius 3 is 1.88 bits per heavy atom. The molecule has 1 saturated heterocycles. The van der Waals surface area contributed by atoms with Crippen molar-refractivity contribution in [1.82, 2.24) is 4.90 Å². The first kappa shape index (κ1) is 14.2. The number of amides is 2. The summed E-state index contributed by atoms with van der Waals surface area (Å²) in [7, 11) is 0. The Labute approximate surface area is 103 Å². The van der Waals surface area contributed by atoms with Gasteiger partial charge in [-0.3, -0.25) is 14.5 Å². The van der Waals surface area contributed by atoms with Gasteiger partial charge in [0.05, 0.1) is 12.1 Å². The van der Waals surface area contributed by atoms with Crippen LogP contribution in [0.1, 0.15) is 53.4 Å². The zero-order valence-corrected chi connectivity index (χ0v) is 11.2. The molecule has 1 aliphatic rings. The Kier molecular flexibility index (Phi) is 3.97. The van der Waals surface area contributed by atoms with Crippen molar-refractivity contribution < 1.29 is 14.7 Å². The van der Waals surface area contributed by atoms with Crippen molar-refractivity contribution in [3.05, 3.63) is 0 Å². The molecule has 1 N–H and O–H groups in total. The number of piperidine rings is 1. The van der Waals surface area contributed by atoms with Gasteiger partial charge in [0, 0.05) is 12.8 Å². The predicted octanol–water partition coefficient (Wildman–Crippen LogP) is 1.71. The molecule has 0 unspecified atom stereocenters. The van der Waals surface area contributed by atoms with E-state index < -0.39 is 5.54 Å². The largest absolute Gasteiger partial charge is 0.394 e. The molecule has 98 valence electrons. The number of rotatable bonds is 4. The van der Waals surface area contributed by atoms with E-state index in [9.17, 15) is 14.7 Å². The minimum Gasteiger partial charge on any atom is -0.394 e. The van der Waals surface area contributed by atoms with Crippen LogP contribution in [0, 0.1) is 5.41 Å². The molecule has 0 radical (unpaired) electrons. The Balaban J connectivity index is 3.05. The number of nitrogens with zero attached hydrogens (tertiary/aromatic N) is 1. The summed E-state index contributed by atoms with van der Waals surface area (Å²) in [6.07, 6.45) is 1.94. The van der Waals surface area contributed by atoms with Crippen molar-refractivity contribution >= 4 is 11.8 Å². The fraction of sp³-hybridized carbons (Fsp3) is 0.846. The van der Waals surface area contributed by atoms with E-state index >= 15 is 0 Å². The normalized spacial score (nSPS) is 20.9. The van der Waals surface area contributed by atoms with Crippen LogP contribution < -0.4 is 0 Å². The van der Waals surface area contributed by atoms with Gasteiger partial charge in [0.15, 0.2) is 0 Å². The lowest BCUT2D eigenvalue weighted by Gasteiger charge is -2.45. The summed E-state index contributed by atoms with van der Waals surface area (Å²) in [4.78, 5) is 25.6. The molecule has 0 atom stereocenters. The molecule has 1 fully saturated rings. The molecule has 4 nitrogen and oxygen atoms in total. The van der Waals surface area contributed by atoms with E-state index in [-0.39, 0.29) is 23.8 Å². The van der Waals surface area contributed by atoms with Crippen LogP contribution in [-0.4, -0.2) is 34.0 Å². The first-order valence-corrected chi connectivity index (χ1v) is 6.28. The Morgan fingerprint density at radius 2 is 1.59 bits per heavy atom. The number of carbonyl (C=O) groups is 2. The summed E-state index contributed by atoms with van der Waals surface area (Å²) in [6, 6.07) is 0. The van der Waals surface area contributed by atoms with Crippen molar-refractivity contribution in [2.24, 2.45) is 5.41 Å². The minimum absolute atomic E-state index is 0.149. The van der Waals surface area contributed by atoms with Crippen LogP contribution in [0.3, 0.4) is 0 Å². The third-order valence-corrected chi connectivity index (χ3v) is 3.84. The van der Waals surface area contributed by atoms with Gasteiger partial charge in [-0.15, -0.1) is 0 Å². The minimum atomic E-state index is -0.704. The highest BCUT2D eigenvalue weighted by Gasteiger charge is 2.46. The van der Waals surface area contributed by atoms with Gasteiger partial charge >= 0.3 is 0 Å². The summed E-state index contributed by atoms with van der Waals surface area (Å²) < 4.78 is 0. The first-order chi connectivity index (χ1) is 7.82.